The van der Waals surface area contributed by atoms with Crippen molar-refractivity contribution in [3.8, 4) is 0 Å². The van der Waals surface area contributed by atoms with Gasteiger partial charge in [0, 0.05) is 12.0 Å². The zero-order valence-electron chi connectivity index (χ0n) is 10.0. The molecule has 88 valence electrons. The standard InChI is InChI=1S/C12H20N4/c1-9(2)12-14-7-11(8-15-12)16-10-3-5-13-6-4-10/h7-10,13,16H,3-6H2,1-2H3. The van der Waals surface area contributed by atoms with Gasteiger partial charge >= 0.3 is 0 Å². The first-order valence-electron chi connectivity index (χ1n) is 6.05. The lowest BCUT2D eigenvalue weighted by molar-refractivity contribution is 0.479. The number of nitrogens with one attached hydrogen (secondary N) is 2. The van der Waals surface area contributed by atoms with Gasteiger partial charge in [0.15, 0.2) is 0 Å². The Balaban J connectivity index is 1.93. The third-order valence-electron chi connectivity index (χ3n) is 2.90. The first kappa shape index (κ1) is 11.3. The maximum atomic E-state index is 4.35. The summed E-state index contributed by atoms with van der Waals surface area (Å²) in [7, 11) is 0. The molecule has 0 bridgehead atoms. The lowest BCUT2D eigenvalue weighted by Gasteiger charge is -2.24. The molecule has 0 amide bonds. The topological polar surface area (TPSA) is 49.8 Å². The summed E-state index contributed by atoms with van der Waals surface area (Å²) in [6.45, 7) is 6.41. The fourth-order valence-corrected chi connectivity index (χ4v) is 1.91. The number of hydrogen-bond donors (Lipinski definition) is 2. The number of piperidine rings is 1. The molecule has 1 aromatic heterocycles. The van der Waals surface area contributed by atoms with Crippen molar-refractivity contribution in [1.82, 2.24) is 15.3 Å². The van der Waals surface area contributed by atoms with Gasteiger partial charge in [0.2, 0.25) is 0 Å². The normalized spacial score (nSPS) is 17.7. The van der Waals surface area contributed by atoms with E-state index in [0.717, 1.165) is 24.6 Å². The molecule has 4 nitrogen and oxygen atoms in total. The quantitative estimate of drug-likeness (QED) is 0.815. The summed E-state index contributed by atoms with van der Waals surface area (Å²) in [4.78, 5) is 8.71. The van der Waals surface area contributed by atoms with Crippen LogP contribution < -0.4 is 10.6 Å². The van der Waals surface area contributed by atoms with E-state index in [1.54, 1.807) is 0 Å². The molecule has 16 heavy (non-hydrogen) atoms. The Hall–Kier alpha value is -1.16. The van der Waals surface area contributed by atoms with E-state index < -0.39 is 0 Å². The van der Waals surface area contributed by atoms with Gasteiger partial charge in [0.1, 0.15) is 5.82 Å². The molecule has 2 rings (SSSR count). The van der Waals surface area contributed by atoms with Gasteiger partial charge in [-0.1, -0.05) is 13.8 Å². The minimum absolute atomic E-state index is 0.396. The van der Waals surface area contributed by atoms with Crippen LogP contribution in [0, 0.1) is 0 Å². The first-order chi connectivity index (χ1) is 7.75. The number of nitrogens with zero attached hydrogens (tertiary/aromatic N) is 2. The average Bonchev–Trinajstić information content (AvgIpc) is 2.31. The monoisotopic (exact) mass is 220 g/mol. The van der Waals surface area contributed by atoms with E-state index in [-0.39, 0.29) is 0 Å². The number of rotatable bonds is 3. The number of hydrogen-bond acceptors (Lipinski definition) is 4. The zero-order valence-corrected chi connectivity index (χ0v) is 10.0. The second-order valence-corrected chi connectivity index (χ2v) is 4.65. The number of aromatic nitrogens is 2. The summed E-state index contributed by atoms with van der Waals surface area (Å²) in [6, 6.07) is 0.565. The highest BCUT2D eigenvalue weighted by atomic mass is 15.0. The second-order valence-electron chi connectivity index (χ2n) is 4.65. The molecule has 0 spiro atoms. The van der Waals surface area contributed by atoms with Crippen LogP contribution in [-0.4, -0.2) is 29.1 Å². The van der Waals surface area contributed by atoms with Gasteiger partial charge in [-0.3, -0.25) is 0 Å². The van der Waals surface area contributed by atoms with E-state index in [1.807, 2.05) is 12.4 Å². The van der Waals surface area contributed by atoms with E-state index in [0.29, 0.717) is 12.0 Å². The van der Waals surface area contributed by atoms with Gasteiger partial charge in [0.25, 0.3) is 0 Å². The van der Waals surface area contributed by atoms with Crippen molar-refractivity contribution >= 4 is 5.69 Å². The highest BCUT2D eigenvalue weighted by Crippen LogP contribution is 2.13. The summed E-state index contributed by atoms with van der Waals surface area (Å²) in [5.41, 5.74) is 1.04. The SMILES string of the molecule is CC(C)c1ncc(NC2CCNCC2)cn1. The van der Waals surface area contributed by atoms with E-state index in [9.17, 15) is 0 Å². The molecule has 1 aromatic rings. The highest BCUT2D eigenvalue weighted by molar-refractivity contribution is 5.39. The van der Waals surface area contributed by atoms with Crippen LogP contribution >= 0.6 is 0 Å². The van der Waals surface area contributed by atoms with E-state index >= 15 is 0 Å². The summed E-state index contributed by atoms with van der Waals surface area (Å²) < 4.78 is 0. The molecule has 0 atom stereocenters. The van der Waals surface area contributed by atoms with Crippen LogP contribution in [0.1, 0.15) is 38.4 Å². The van der Waals surface area contributed by atoms with Gasteiger partial charge in [-0.2, -0.15) is 0 Å². The van der Waals surface area contributed by atoms with Crippen LogP contribution in [-0.2, 0) is 0 Å². The molecule has 2 N–H and O–H groups in total. The molecule has 1 fully saturated rings. The molecule has 1 aliphatic rings. The predicted octanol–water partition coefficient (Wildman–Crippen LogP) is 1.76. The number of anilines is 1. The van der Waals surface area contributed by atoms with Crippen molar-refractivity contribution in [3.63, 3.8) is 0 Å². The van der Waals surface area contributed by atoms with Crippen LogP contribution in [0.15, 0.2) is 12.4 Å². The Labute approximate surface area is 96.9 Å². The summed E-state index contributed by atoms with van der Waals surface area (Å²) in [6.07, 6.45) is 6.13. The molecule has 0 saturated carbocycles. The van der Waals surface area contributed by atoms with Crippen molar-refractivity contribution in [2.24, 2.45) is 0 Å². The van der Waals surface area contributed by atoms with Crippen molar-refractivity contribution in [2.45, 2.75) is 38.6 Å². The average molecular weight is 220 g/mol. The maximum absolute atomic E-state index is 4.35. The Morgan fingerprint density at radius 3 is 2.44 bits per heavy atom. The Kier molecular flexibility index (Phi) is 3.72. The third kappa shape index (κ3) is 2.92. The molecule has 2 heterocycles. The Bertz CT molecular complexity index is 314. The van der Waals surface area contributed by atoms with Gasteiger partial charge in [-0.15, -0.1) is 0 Å². The van der Waals surface area contributed by atoms with Gasteiger partial charge < -0.3 is 10.6 Å². The molecule has 1 saturated heterocycles. The second kappa shape index (κ2) is 5.25. The molecule has 0 radical (unpaired) electrons. The smallest absolute Gasteiger partial charge is 0.130 e. The molecule has 4 heteroatoms. The fraction of sp³-hybridized carbons (Fsp3) is 0.667. The Morgan fingerprint density at radius 2 is 1.88 bits per heavy atom. The summed E-state index contributed by atoms with van der Waals surface area (Å²) >= 11 is 0. The van der Waals surface area contributed by atoms with Crippen LogP contribution in [0.3, 0.4) is 0 Å². The van der Waals surface area contributed by atoms with Crippen molar-refractivity contribution in [2.75, 3.05) is 18.4 Å². The van der Waals surface area contributed by atoms with Crippen molar-refractivity contribution < 1.29 is 0 Å². The molecular formula is C12H20N4. The van der Waals surface area contributed by atoms with E-state index in [2.05, 4.69) is 34.4 Å². The minimum Gasteiger partial charge on any atom is -0.380 e. The fourth-order valence-electron chi connectivity index (χ4n) is 1.91. The summed E-state index contributed by atoms with van der Waals surface area (Å²) in [5, 5.41) is 6.84. The third-order valence-corrected chi connectivity index (χ3v) is 2.90. The van der Waals surface area contributed by atoms with Crippen LogP contribution in [0.5, 0.6) is 0 Å². The lowest BCUT2D eigenvalue weighted by atomic mass is 10.1. The van der Waals surface area contributed by atoms with Gasteiger partial charge in [-0.25, -0.2) is 9.97 Å². The lowest BCUT2D eigenvalue weighted by Crippen LogP contribution is -2.35. The minimum atomic E-state index is 0.396. The predicted molar refractivity (Wildman–Crippen MR) is 65.6 cm³/mol. The molecular weight excluding hydrogens is 200 g/mol. The molecule has 0 aliphatic carbocycles. The summed E-state index contributed by atoms with van der Waals surface area (Å²) in [5.74, 6) is 1.31. The van der Waals surface area contributed by atoms with Crippen LogP contribution in [0.2, 0.25) is 0 Å². The Morgan fingerprint density at radius 1 is 1.25 bits per heavy atom. The van der Waals surface area contributed by atoms with Crippen LogP contribution in [0.25, 0.3) is 0 Å². The van der Waals surface area contributed by atoms with Crippen molar-refractivity contribution in [3.05, 3.63) is 18.2 Å². The van der Waals surface area contributed by atoms with Crippen molar-refractivity contribution in [1.29, 1.82) is 0 Å². The zero-order chi connectivity index (χ0) is 11.4. The maximum Gasteiger partial charge on any atom is 0.130 e. The van der Waals surface area contributed by atoms with E-state index in [1.165, 1.54) is 12.8 Å². The highest BCUT2D eigenvalue weighted by Gasteiger charge is 2.12. The molecule has 0 unspecified atom stereocenters. The van der Waals surface area contributed by atoms with Gasteiger partial charge in [-0.05, 0) is 25.9 Å². The molecule has 0 aromatic carbocycles. The van der Waals surface area contributed by atoms with E-state index in [4.69, 9.17) is 0 Å². The molecule has 1 aliphatic heterocycles. The van der Waals surface area contributed by atoms with Gasteiger partial charge in [0.05, 0.1) is 18.1 Å². The first-order valence-corrected chi connectivity index (χ1v) is 6.05. The van der Waals surface area contributed by atoms with Crippen LogP contribution in [0.4, 0.5) is 5.69 Å². The largest absolute Gasteiger partial charge is 0.380 e.